The molecule has 2 aromatic heterocycles. The fraction of sp³-hybridized carbons (Fsp3) is 0.222. The molecule has 8 nitrogen and oxygen atoms in total. The molecule has 5 rings (SSSR count). The number of nitrogen functional groups attached to an aromatic ring is 1. The van der Waals surface area contributed by atoms with Crippen LogP contribution in [0.4, 0.5) is 24.8 Å². The highest BCUT2D eigenvalue weighted by atomic mass is 32.2. The van der Waals surface area contributed by atoms with E-state index in [1.54, 1.807) is 42.5 Å². The third-order valence-electron chi connectivity index (χ3n) is 5.62. The van der Waals surface area contributed by atoms with Gasteiger partial charge in [-0.05, 0) is 49.7 Å². The van der Waals surface area contributed by atoms with Crippen LogP contribution in [0.5, 0.6) is 11.6 Å². The van der Waals surface area contributed by atoms with Crippen LogP contribution in [0.2, 0.25) is 0 Å². The highest BCUT2D eigenvalue weighted by molar-refractivity contribution is 7.85. The monoisotopic (exact) mass is 556 g/mol. The van der Waals surface area contributed by atoms with Crippen molar-refractivity contribution in [3.05, 3.63) is 90.0 Å². The maximum atomic E-state index is 14.7. The number of rotatable bonds is 7. The predicted molar refractivity (Wildman–Crippen MR) is 145 cm³/mol. The fourth-order valence-corrected chi connectivity index (χ4v) is 4.70. The number of nitrogens with two attached hydrogens (primary N) is 1. The van der Waals surface area contributed by atoms with Crippen LogP contribution in [0.25, 0.3) is 11.3 Å². The zero-order chi connectivity index (χ0) is 27.6. The Labute approximate surface area is 226 Å². The van der Waals surface area contributed by atoms with E-state index < -0.39 is 39.9 Å². The molecule has 0 bridgehead atoms. The van der Waals surface area contributed by atoms with Crippen molar-refractivity contribution in [2.75, 3.05) is 23.5 Å². The molecule has 1 atom stereocenters. The lowest BCUT2D eigenvalue weighted by atomic mass is 10.2. The molecule has 0 amide bonds. The number of piperidine rings is 1. The van der Waals surface area contributed by atoms with Crippen molar-refractivity contribution in [3.8, 4) is 22.9 Å². The van der Waals surface area contributed by atoms with E-state index >= 15 is 0 Å². The summed E-state index contributed by atoms with van der Waals surface area (Å²) in [6, 6.07) is 14.0. The van der Waals surface area contributed by atoms with Crippen LogP contribution < -0.4 is 20.5 Å². The number of aromatic nitrogens is 3. The molecule has 1 fully saturated rings. The second-order valence-electron chi connectivity index (χ2n) is 8.51. The number of hydrogen-bond donors (Lipinski definition) is 3. The van der Waals surface area contributed by atoms with E-state index in [2.05, 4.69) is 25.0 Å². The standard InChI is InChI=1S/C22H16F3N5O2S.C5H11N/c23-15-11-17(32-21-14(7-4-9-27-21)16-8-10-28-22(26)29-16)18(24)19(25)20(15)30-33(31)12-13-5-2-1-3-6-13;1-2-4-6-5-3-1/h1-11,30H,12H2,(H2,26,28,29);6H,1-5H2. The van der Waals surface area contributed by atoms with Gasteiger partial charge in [-0.3, -0.25) is 4.72 Å². The Morgan fingerprint density at radius 3 is 2.38 bits per heavy atom. The van der Waals surface area contributed by atoms with Gasteiger partial charge in [0.05, 0.1) is 17.0 Å². The lowest BCUT2D eigenvalue weighted by Gasteiger charge is -2.14. The Balaban J connectivity index is 0.000000519. The number of nitrogens with one attached hydrogen (secondary N) is 2. The molecule has 1 aliphatic heterocycles. The summed E-state index contributed by atoms with van der Waals surface area (Å²) >= 11 is 0. The summed E-state index contributed by atoms with van der Waals surface area (Å²) in [6.07, 6.45) is 6.98. The summed E-state index contributed by atoms with van der Waals surface area (Å²) in [4.78, 5) is 11.8. The zero-order valence-corrected chi connectivity index (χ0v) is 21.7. The van der Waals surface area contributed by atoms with Crippen molar-refractivity contribution in [1.29, 1.82) is 0 Å². The largest absolute Gasteiger partial charge is 0.435 e. The number of pyridine rings is 1. The van der Waals surface area contributed by atoms with Crippen molar-refractivity contribution >= 4 is 22.6 Å². The van der Waals surface area contributed by atoms with Gasteiger partial charge in [0.1, 0.15) is 16.7 Å². The van der Waals surface area contributed by atoms with E-state index in [0.29, 0.717) is 22.9 Å². The van der Waals surface area contributed by atoms with E-state index in [-0.39, 0.29) is 17.6 Å². The first-order chi connectivity index (χ1) is 18.9. The van der Waals surface area contributed by atoms with Crippen molar-refractivity contribution in [2.24, 2.45) is 0 Å². The van der Waals surface area contributed by atoms with E-state index in [0.717, 1.165) is 0 Å². The van der Waals surface area contributed by atoms with Crippen molar-refractivity contribution < 1.29 is 22.1 Å². The molecule has 4 N–H and O–H groups in total. The molecule has 12 heteroatoms. The SMILES string of the molecule is C1CCNCC1.Nc1nccc(-c2cccnc2Oc2cc(F)c(NS(=O)Cc3ccccc3)c(F)c2F)n1. The average molecular weight is 557 g/mol. The van der Waals surface area contributed by atoms with Crippen LogP contribution in [0.1, 0.15) is 24.8 Å². The van der Waals surface area contributed by atoms with Gasteiger partial charge in [-0.25, -0.2) is 27.9 Å². The van der Waals surface area contributed by atoms with E-state index in [4.69, 9.17) is 10.5 Å². The molecular formula is C27H27F3N6O2S. The van der Waals surface area contributed by atoms with Gasteiger partial charge in [-0.1, -0.05) is 36.8 Å². The average Bonchev–Trinajstić information content (AvgIpc) is 2.96. The first kappa shape index (κ1) is 28.0. The Morgan fingerprint density at radius 1 is 0.949 bits per heavy atom. The summed E-state index contributed by atoms with van der Waals surface area (Å²) < 4.78 is 63.9. The van der Waals surface area contributed by atoms with Crippen LogP contribution in [-0.2, 0) is 16.7 Å². The molecule has 2 aromatic carbocycles. The molecule has 0 aliphatic carbocycles. The van der Waals surface area contributed by atoms with Gasteiger partial charge < -0.3 is 15.8 Å². The van der Waals surface area contributed by atoms with Crippen molar-refractivity contribution in [2.45, 2.75) is 25.0 Å². The van der Waals surface area contributed by atoms with Crippen LogP contribution in [-0.4, -0.2) is 32.3 Å². The molecular weight excluding hydrogens is 529 g/mol. The predicted octanol–water partition coefficient (Wildman–Crippen LogP) is 5.37. The summed E-state index contributed by atoms with van der Waals surface area (Å²) in [5.41, 5.74) is 6.03. The normalized spacial score (nSPS) is 13.6. The number of halogens is 3. The van der Waals surface area contributed by atoms with Crippen molar-refractivity contribution in [3.63, 3.8) is 0 Å². The van der Waals surface area contributed by atoms with Gasteiger partial charge in [-0.2, -0.15) is 4.39 Å². The number of anilines is 2. The fourth-order valence-electron chi connectivity index (χ4n) is 3.71. The minimum Gasteiger partial charge on any atom is -0.435 e. The number of ether oxygens (including phenoxy) is 1. The van der Waals surface area contributed by atoms with Gasteiger partial charge >= 0.3 is 0 Å². The Kier molecular flexibility index (Phi) is 9.81. The molecule has 204 valence electrons. The molecule has 4 aromatic rings. The molecule has 1 unspecified atom stereocenters. The lowest BCUT2D eigenvalue weighted by molar-refractivity contribution is 0.401. The van der Waals surface area contributed by atoms with Gasteiger partial charge in [0.2, 0.25) is 17.6 Å². The first-order valence-electron chi connectivity index (χ1n) is 12.2. The van der Waals surface area contributed by atoms with E-state index in [1.807, 2.05) is 0 Å². The van der Waals surface area contributed by atoms with E-state index in [9.17, 15) is 17.4 Å². The number of hydrogen-bond acceptors (Lipinski definition) is 7. The maximum Gasteiger partial charge on any atom is 0.228 e. The Hall–Kier alpha value is -4.03. The smallest absolute Gasteiger partial charge is 0.228 e. The summed E-state index contributed by atoms with van der Waals surface area (Å²) in [7, 11) is -1.90. The minimum absolute atomic E-state index is 0.00972. The third-order valence-corrected chi connectivity index (χ3v) is 6.64. The highest BCUT2D eigenvalue weighted by Gasteiger charge is 2.23. The van der Waals surface area contributed by atoms with Gasteiger partial charge in [0.25, 0.3) is 0 Å². The molecule has 1 aliphatic rings. The Bertz CT molecular complexity index is 1410. The second-order valence-corrected chi connectivity index (χ2v) is 9.69. The molecule has 3 heterocycles. The van der Waals surface area contributed by atoms with Gasteiger partial charge in [-0.15, -0.1) is 0 Å². The molecule has 0 saturated carbocycles. The topological polar surface area (TPSA) is 115 Å². The Morgan fingerprint density at radius 2 is 1.72 bits per heavy atom. The number of nitrogens with zero attached hydrogens (tertiary/aromatic N) is 3. The molecule has 39 heavy (non-hydrogen) atoms. The summed E-state index contributed by atoms with van der Waals surface area (Å²) in [6.45, 7) is 2.50. The third kappa shape index (κ3) is 7.74. The van der Waals surface area contributed by atoms with Gasteiger partial charge in [0, 0.05) is 18.5 Å². The summed E-state index contributed by atoms with van der Waals surface area (Å²) in [5, 5.41) is 3.28. The van der Waals surface area contributed by atoms with Crippen LogP contribution in [0.3, 0.4) is 0 Å². The minimum atomic E-state index is -1.90. The quantitative estimate of drug-likeness (QED) is 0.262. The second kappa shape index (κ2) is 13.7. The maximum absolute atomic E-state index is 14.7. The molecule has 0 spiro atoms. The molecule has 1 saturated heterocycles. The summed E-state index contributed by atoms with van der Waals surface area (Å²) in [5.74, 6) is -5.17. The zero-order valence-electron chi connectivity index (χ0n) is 20.9. The van der Waals surface area contributed by atoms with Crippen LogP contribution in [0, 0.1) is 17.5 Å². The highest BCUT2D eigenvalue weighted by Crippen LogP contribution is 2.35. The van der Waals surface area contributed by atoms with Crippen molar-refractivity contribution in [1.82, 2.24) is 20.3 Å². The molecule has 0 radical (unpaired) electrons. The van der Waals surface area contributed by atoms with E-state index in [1.165, 1.54) is 50.8 Å². The van der Waals surface area contributed by atoms with Crippen LogP contribution in [0.15, 0.2) is 67.0 Å². The van der Waals surface area contributed by atoms with Crippen LogP contribution >= 0.6 is 0 Å². The number of benzene rings is 2. The lowest BCUT2D eigenvalue weighted by Crippen LogP contribution is -2.21. The first-order valence-corrected chi connectivity index (χ1v) is 13.5. The van der Waals surface area contributed by atoms with Gasteiger partial charge in [0.15, 0.2) is 17.4 Å².